The molecule has 0 bridgehead atoms. The topological polar surface area (TPSA) is 46.4 Å². The van der Waals surface area contributed by atoms with E-state index >= 15 is 0 Å². The maximum Gasteiger partial charge on any atom is 0.269 e. The Balaban J connectivity index is 2.77. The van der Waals surface area contributed by atoms with E-state index in [-0.39, 0.29) is 16.7 Å². The van der Waals surface area contributed by atoms with Gasteiger partial charge in [0.2, 0.25) is 0 Å². The summed E-state index contributed by atoms with van der Waals surface area (Å²) in [5.41, 5.74) is 1.15. The monoisotopic (exact) mass is 254 g/mol. The molecule has 1 rings (SSSR count). The number of thioether (sulfide) groups is 1. The van der Waals surface area contributed by atoms with Crippen LogP contribution in [-0.2, 0) is 0 Å². The molecule has 5 heteroatoms. The van der Waals surface area contributed by atoms with Crippen LogP contribution in [0.25, 0.3) is 0 Å². The first kappa shape index (κ1) is 14.0. The molecule has 0 aliphatic carbocycles. The zero-order chi connectivity index (χ0) is 12.8. The molecule has 94 valence electrons. The zero-order valence-corrected chi connectivity index (χ0v) is 11.2. The highest BCUT2D eigenvalue weighted by Gasteiger charge is 2.14. The molecule has 1 atom stereocenters. The minimum Gasteiger partial charge on any atom is -0.299 e. The maximum absolute atomic E-state index is 10.7. The van der Waals surface area contributed by atoms with E-state index in [9.17, 15) is 10.1 Å². The van der Waals surface area contributed by atoms with E-state index in [1.165, 1.54) is 6.07 Å². The van der Waals surface area contributed by atoms with Crippen molar-refractivity contribution in [3.63, 3.8) is 0 Å². The smallest absolute Gasteiger partial charge is 0.269 e. The molecule has 0 amide bonds. The number of hydrogen-bond acceptors (Lipinski definition) is 4. The Morgan fingerprint density at radius 1 is 1.53 bits per heavy atom. The van der Waals surface area contributed by atoms with E-state index in [1.54, 1.807) is 23.9 Å². The van der Waals surface area contributed by atoms with Crippen molar-refractivity contribution in [1.82, 2.24) is 4.90 Å². The van der Waals surface area contributed by atoms with E-state index in [2.05, 4.69) is 18.1 Å². The summed E-state index contributed by atoms with van der Waals surface area (Å²) in [5.74, 6) is 1.07. The van der Waals surface area contributed by atoms with E-state index in [1.807, 2.05) is 13.1 Å². The van der Waals surface area contributed by atoms with Gasteiger partial charge in [-0.05, 0) is 25.8 Å². The van der Waals surface area contributed by atoms with Gasteiger partial charge < -0.3 is 0 Å². The second kappa shape index (κ2) is 6.61. The normalized spacial score (nSPS) is 12.7. The molecule has 0 spiro atoms. The minimum absolute atomic E-state index is 0.160. The van der Waals surface area contributed by atoms with Gasteiger partial charge in [0.05, 0.1) is 4.92 Å². The Hall–Kier alpha value is -1.07. The van der Waals surface area contributed by atoms with Crippen LogP contribution in [0.1, 0.15) is 18.5 Å². The SMILES string of the molecule is CSCCN(C)C(C)c1cccc([N+](=O)[O-])c1. The maximum atomic E-state index is 10.7. The molecule has 0 radical (unpaired) electrons. The van der Waals surface area contributed by atoms with Crippen molar-refractivity contribution in [3.8, 4) is 0 Å². The number of nitro benzene ring substituents is 1. The second-order valence-electron chi connectivity index (χ2n) is 4.00. The summed E-state index contributed by atoms with van der Waals surface area (Å²) in [6.45, 7) is 3.05. The van der Waals surface area contributed by atoms with Crippen LogP contribution in [0, 0.1) is 10.1 Å². The average Bonchev–Trinajstić information content (AvgIpc) is 2.35. The molecule has 1 aromatic rings. The van der Waals surface area contributed by atoms with Crippen molar-refractivity contribution in [1.29, 1.82) is 0 Å². The largest absolute Gasteiger partial charge is 0.299 e. The summed E-state index contributed by atoms with van der Waals surface area (Å²) >= 11 is 1.80. The van der Waals surface area contributed by atoms with Crippen LogP contribution in [-0.4, -0.2) is 35.4 Å². The van der Waals surface area contributed by atoms with Gasteiger partial charge in [-0.15, -0.1) is 0 Å². The molecule has 0 fully saturated rings. The third-order valence-corrected chi connectivity index (χ3v) is 3.46. The number of nitrogens with zero attached hydrogens (tertiary/aromatic N) is 2. The molecule has 0 saturated heterocycles. The van der Waals surface area contributed by atoms with Crippen molar-refractivity contribution < 1.29 is 4.92 Å². The molecule has 4 nitrogen and oxygen atoms in total. The Morgan fingerprint density at radius 2 is 2.24 bits per heavy atom. The predicted molar refractivity (Wildman–Crippen MR) is 72.5 cm³/mol. The van der Waals surface area contributed by atoms with Gasteiger partial charge >= 0.3 is 0 Å². The summed E-state index contributed by atoms with van der Waals surface area (Å²) in [6, 6.07) is 7.06. The lowest BCUT2D eigenvalue weighted by Gasteiger charge is -2.24. The minimum atomic E-state index is -0.349. The van der Waals surface area contributed by atoms with E-state index < -0.39 is 0 Å². The van der Waals surface area contributed by atoms with Crippen molar-refractivity contribution >= 4 is 17.4 Å². The predicted octanol–water partition coefficient (Wildman–Crippen LogP) is 2.95. The van der Waals surface area contributed by atoms with Gasteiger partial charge in [0.15, 0.2) is 0 Å². The lowest BCUT2D eigenvalue weighted by Crippen LogP contribution is -2.24. The van der Waals surface area contributed by atoms with E-state index in [4.69, 9.17) is 0 Å². The molecule has 1 aromatic carbocycles. The fourth-order valence-electron chi connectivity index (χ4n) is 1.58. The number of rotatable bonds is 6. The van der Waals surface area contributed by atoms with Crippen LogP contribution in [0.5, 0.6) is 0 Å². The first-order valence-electron chi connectivity index (χ1n) is 5.49. The lowest BCUT2D eigenvalue weighted by atomic mass is 10.1. The Bertz CT molecular complexity index is 385. The molecular weight excluding hydrogens is 236 g/mol. The quantitative estimate of drug-likeness (QED) is 0.578. The van der Waals surface area contributed by atoms with Crippen molar-refractivity contribution in [2.24, 2.45) is 0 Å². The number of nitro groups is 1. The summed E-state index contributed by atoms with van der Waals surface area (Å²) in [5, 5.41) is 10.7. The third kappa shape index (κ3) is 4.02. The standard InChI is InChI=1S/C12H18N2O2S/c1-10(13(2)7-8-17-3)11-5-4-6-12(9-11)14(15)16/h4-6,9-10H,7-8H2,1-3H3. The molecule has 0 saturated carbocycles. The van der Waals surface area contributed by atoms with E-state index in [0.29, 0.717) is 0 Å². The molecule has 0 heterocycles. The molecule has 0 aliphatic rings. The Morgan fingerprint density at radius 3 is 2.82 bits per heavy atom. The van der Waals surface area contributed by atoms with Crippen LogP contribution >= 0.6 is 11.8 Å². The van der Waals surface area contributed by atoms with Crippen molar-refractivity contribution in [2.45, 2.75) is 13.0 Å². The summed E-state index contributed by atoms with van der Waals surface area (Å²) < 4.78 is 0. The Labute approximate surface area is 106 Å². The van der Waals surface area contributed by atoms with Gasteiger partial charge in [-0.3, -0.25) is 15.0 Å². The van der Waals surface area contributed by atoms with Crippen LogP contribution < -0.4 is 0 Å². The van der Waals surface area contributed by atoms with Gasteiger partial charge in [0, 0.05) is 30.5 Å². The van der Waals surface area contributed by atoms with Gasteiger partial charge in [-0.1, -0.05) is 12.1 Å². The molecule has 0 aliphatic heterocycles. The van der Waals surface area contributed by atoms with Gasteiger partial charge in [-0.25, -0.2) is 0 Å². The Kier molecular flexibility index (Phi) is 5.44. The third-order valence-electron chi connectivity index (χ3n) is 2.87. The molecule has 1 unspecified atom stereocenters. The van der Waals surface area contributed by atoms with Crippen LogP contribution in [0.4, 0.5) is 5.69 Å². The fourth-order valence-corrected chi connectivity index (χ4v) is 2.05. The summed E-state index contributed by atoms with van der Waals surface area (Å²) in [6.07, 6.45) is 2.08. The van der Waals surface area contributed by atoms with Gasteiger partial charge in [0.1, 0.15) is 0 Å². The fraction of sp³-hybridized carbons (Fsp3) is 0.500. The van der Waals surface area contributed by atoms with Crippen LogP contribution in [0.2, 0.25) is 0 Å². The van der Waals surface area contributed by atoms with Crippen LogP contribution in [0.3, 0.4) is 0 Å². The highest BCUT2D eigenvalue weighted by Crippen LogP contribution is 2.22. The number of benzene rings is 1. The molecular formula is C12H18N2O2S. The zero-order valence-electron chi connectivity index (χ0n) is 10.4. The first-order valence-corrected chi connectivity index (χ1v) is 6.89. The van der Waals surface area contributed by atoms with E-state index in [0.717, 1.165) is 17.9 Å². The highest BCUT2D eigenvalue weighted by atomic mass is 32.2. The lowest BCUT2D eigenvalue weighted by molar-refractivity contribution is -0.384. The molecule has 0 N–H and O–H groups in total. The van der Waals surface area contributed by atoms with Crippen LogP contribution in [0.15, 0.2) is 24.3 Å². The van der Waals surface area contributed by atoms with Crippen molar-refractivity contribution in [3.05, 3.63) is 39.9 Å². The molecule has 0 aromatic heterocycles. The highest BCUT2D eigenvalue weighted by molar-refractivity contribution is 7.98. The molecule has 17 heavy (non-hydrogen) atoms. The van der Waals surface area contributed by atoms with Gasteiger partial charge in [-0.2, -0.15) is 11.8 Å². The van der Waals surface area contributed by atoms with Crippen molar-refractivity contribution in [2.75, 3.05) is 25.6 Å². The number of hydrogen-bond donors (Lipinski definition) is 0. The first-order chi connectivity index (χ1) is 8.06. The second-order valence-corrected chi connectivity index (χ2v) is 4.99. The average molecular weight is 254 g/mol. The summed E-state index contributed by atoms with van der Waals surface area (Å²) in [4.78, 5) is 12.6. The summed E-state index contributed by atoms with van der Waals surface area (Å²) in [7, 11) is 2.04. The number of non-ortho nitro benzene ring substituents is 1. The van der Waals surface area contributed by atoms with Gasteiger partial charge in [0.25, 0.3) is 5.69 Å².